The molecule has 1 aliphatic heterocycles. The van der Waals surface area contributed by atoms with Gasteiger partial charge in [0.25, 0.3) is 5.91 Å². The molecular weight excluding hydrogens is 384 g/mol. The third-order valence-electron chi connectivity index (χ3n) is 4.95. The van der Waals surface area contributed by atoms with E-state index in [9.17, 15) is 4.79 Å². The van der Waals surface area contributed by atoms with E-state index in [-0.39, 0.29) is 5.91 Å². The number of para-hydroxylation sites is 1. The zero-order valence-corrected chi connectivity index (χ0v) is 16.3. The van der Waals surface area contributed by atoms with Crippen LogP contribution in [-0.2, 0) is 0 Å². The first-order valence-electron chi connectivity index (χ1n) is 9.39. The third-order valence-corrected chi connectivity index (χ3v) is 5.98. The van der Waals surface area contributed by atoms with E-state index in [1.165, 1.54) is 11.3 Å². The average Bonchev–Trinajstić information content (AvgIpc) is 3.18. The Morgan fingerprint density at radius 1 is 1.07 bits per heavy atom. The highest BCUT2D eigenvalue weighted by Gasteiger charge is 2.28. The first kappa shape index (κ1) is 17.7. The molecule has 7 nitrogen and oxygen atoms in total. The Morgan fingerprint density at radius 2 is 1.90 bits per heavy atom. The lowest BCUT2D eigenvalue weighted by Crippen LogP contribution is -2.51. The number of nitrogens with one attached hydrogen (secondary N) is 1. The lowest BCUT2D eigenvalue weighted by molar-refractivity contribution is 0.0944. The van der Waals surface area contributed by atoms with E-state index in [1.54, 1.807) is 12.4 Å². The number of aromatic nitrogens is 4. The Hall–Kier alpha value is -3.39. The summed E-state index contributed by atoms with van der Waals surface area (Å²) >= 11 is 1.42. The fourth-order valence-electron chi connectivity index (χ4n) is 3.34. The van der Waals surface area contributed by atoms with Crippen molar-refractivity contribution in [3.63, 3.8) is 0 Å². The molecule has 5 rings (SSSR count). The van der Waals surface area contributed by atoms with Gasteiger partial charge in [0.05, 0.1) is 15.9 Å². The Bertz CT molecular complexity index is 1110. The molecule has 1 saturated heterocycles. The zero-order chi connectivity index (χ0) is 19.6. The van der Waals surface area contributed by atoms with Crippen molar-refractivity contribution in [3.8, 4) is 11.3 Å². The molecule has 3 aromatic heterocycles. The van der Waals surface area contributed by atoms with Crippen molar-refractivity contribution in [3.05, 3.63) is 65.9 Å². The van der Waals surface area contributed by atoms with Crippen molar-refractivity contribution in [2.24, 2.45) is 5.92 Å². The Morgan fingerprint density at radius 3 is 2.66 bits per heavy atom. The Labute approximate surface area is 171 Å². The van der Waals surface area contributed by atoms with Gasteiger partial charge in [-0.15, -0.1) is 21.5 Å². The molecule has 0 saturated carbocycles. The molecule has 1 amide bonds. The number of rotatable bonds is 5. The number of fused-ring (bicyclic) bond motifs is 1. The highest BCUT2D eigenvalue weighted by Crippen LogP contribution is 2.24. The Balaban J connectivity index is 1.14. The number of anilines is 1. The summed E-state index contributed by atoms with van der Waals surface area (Å²) in [5.41, 5.74) is 2.70. The van der Waals surface area contributed by atoms with Gasteiger partial charge in [0.15, 0.2) is 10.8 Å². The van der Waals surface area contributed by atoms with E-state index in [4.69, 9.17) is 0 Å². The molecule has 0 unspecified atom stereocenters. The van der Waals surface area contributed by atoms with E-state index in [0.29, 0.717) is 17.5 Å². The van der Waals surface area contributed by atoms with E-state index >= 15 is 0 Å². The quantitative estimate of drug-likeness (QED) is 0.552. The fourth-order valence-corrected chi connectivity index (χ4v) is 4.22. The number of amides is 1. The van der Waals surface area contributed by atoms with Crippen LogP contribution < -0.4 is 10.2 Å². The lowest BCUT2D eigenvalue weighted by Gasteiger charge is -2.39. The minimum absolute atomic E-state index is 0.105. The minimum Gasteiger partial charge on any atom is -0.354 e. The van der Waals surface area contributed by atoms with Crippen LogP contribution >= 0.6 is 11.3 Å². The van der Waals surface area contributed by atoms with Crippen molar-refractivity contribution < 1.29 is 4.79 Å². The predicted molar refractivity (Wildman–Crippen MR) is 113 cm³/mol. The number of hydrogen-bond acceptors (Lipinski definition) is 7. The predicted octanol–water partition coefficient (Wildman–Crippen LogP) is 3.01. The SMILES string of the molecule is O=C(NCC1CN(c2ccc(-c3ccncc3)nn2)C1)c1nc2ccccc2s1. The summed E-state index contributed by atoms with van der Waals surface area (Å²) in [5, 5.41) is 12.2. The molecule has 0 spiro atoms. The lowest BCUT2D eigenvalue weighted by atomic mass is 10.0. The van der Waals surface area contributed by atoms with Gasteiger partial charge in [0.1, 0.15) is 0 Å². The second-order valence-corrected chi connectivity index (χ2v) is 8.01. The monoisotopic (exact) mass is 402 g/mol. The maximum Gasteiger partial charge on any atom is 0.280 e. The number of thiazole rings is 1. The molecule has 8 heteroatoms. The van der Waals surface area contributed by atoms with Crippen molar-refractivity contribution in [2.75, 3.05) is 24.5 Å². The smallest absolute Gasteiger partial charge is 0.280 e. The molecule has 4 heterocycles. The highest BCUT2D eigenvalue weighted by atomic mass is 32.1. The van der Waals surface area contributed by atoms with Crippen molar-refractivity contribution in [2.45, 2.75) is 0 Å². The first-order valence-corrected chi connectivity index (χ1v) is 10.2. The summed E-state index contributed by atoms with van der Waals surface area (Å²) < 4.78 is 1.03. The van der Waals surface area contributed by atoms with Crippen LogP contribution in [0.1, 0.15) is 9.80 Å². The molecule has 0 bridgehead atoms. The molecule has 144 valence electrons. The molecule has 1 fully saturated rings. The highest BCUT2D eigenvalue weighted by molar-refractivity contribution is 7.20. The standard InChI is InChI=1S/C21H18N6OS/c28-20(21-24-17-3-1-2-4-18(17)29-21)23-11-14-12-27(13-14)19-6-5-16(25-26-19)15-7-9-22-10-8-15/h1-10,14H,11-13H2,(H,23,28). The largest absolute Gasteiger partial charge is 0.354 e. The minimum atomic E-state index is -0.105. The van der Waals surface area contributed by atoms with Crippen LogP contribution in [0.15, 0.2) is 60.9 Å². The van der Waals surface area contributed by atoms with Crippen LogP contribution in [0, 0.1) is 5.92 Å². The van der Waals surface area contributed by atoms with Crippen LogP contribution in [-0.4, -0.2) is 45.7 Å². The first-order chi connectivity index (χ1) is 14.3. The zero-order valence-electron chi connectivity index (χ0n) is 15.5. The summed E-state index contributed by atoms with van der Waals surface area (Å²) in [4.78, 5) is 23.0. The summed E-state index contributed by atoms with van der Waals surface area (Å²) in [5.74, 6) is 1.15. The van der Waals surface area contributed by atoms with Crippen molar-refractivity contribution in [1.29, 1.82) is 0 Å². The molecule has 1 aromatic carbocycles. The number of benzene rings is 1. The van der Waals surface area contributed by atoms with E-state index < -0.39 is 0 Å². The van der Waals surface area contributed by atoms with E-state index in [0.717, 1.165) is 40.4 Å². The van der Waals surface area contributed by atoms with Gasteiger partial charge in [-0.25, -0.2) is 4.98 Å². The Kier molecular flexibility index (Phi) is 4.61. The van der Waals surface area contributed by atoms with Crippen molar-refractivity contribution >= 4 is 33.3 Å². The number of nitrogens with zero attached hydrogens (tertiary/aromatic N) is 5. The summed E-state index contributed by atoms with van der Waals surface area (Å²) in [6.07, 6.45) is 3.49. The van der Waals surface area contributed by atoms with E-state index in [1.807, 2.05) is 48.5 Å². The van der Waals surface area contributed by atoms with Crippen LogP contribution in [0.5, 0.6) is 0 Å². The number of hydrogen-bond donors (Lipinski definition) is 1. The van der Waals surface area contributed by atoms with Gasteiger partial charge in [-0.3, -0.25) is 9.78 Å². The summed E-state index contributed by atoms with van der Waals surface area (Å²) in [6, 6.07) is 15.6. The maximum atomic E-state index is 12.4. The normalized spacial score (nSPS) is 14.0. The second kappa shape index (κ2) is 7.56. The average molecular weight is 402 g/mol. The molecular formula is C21H18N6OS. The molecule has 29 heavy (non-hydrogen) atoms. The van der Waals surface area contributed by atoms with Crippen LogP contribution in [0.4, 0.5) is 5.82 Å². The summed E-state index contributed by atoms with van der Waals surface area (Å²) in [7, 11) is 0. The van der Waals surface area contributed by atoms with Gasteiger partial charge in [-0.1, -0.05) is 12.1 Å². The summed E-state index contributed by atoms with van der Waals surface area (Å²) in [6.45, 7) is 2.33. The van der Waals surface area contributed by atoms with Crippen molar-refractivity contribution in [1.82, 2.24) is 25.5 Å². The van der Waals surface area contributed by atoms with Gasteiger partial charge in [-0.2, -0.15) is 0 Å². The van der Waals surface area contributed by atoms with Gasteiger partial charge < -0.3 is 10.2 Å². The molecule has 4 aromatic rings. The number of pyridine rings is 1. The third kappa shape index (κ3) is 3.66. The molecule has 0 aliphatic carbocycles. The molecule has 1 aliphatic rings. The van der Waals surface area contributed by atoms with Crippen LogP contribution in [0.2, 0.25) is 0 Å². The fraction of sp³-hybridized carbons (Fsp3) is 0.190. The van der Waals surface area contributed by atoms with Crippen LogP contribution in [0.25, 0.3) is 21.5 Å². The second-order valence-electron chi connectivity index (χ2n) is 6.98. The van der Waals surface area contributed by atoms with Gasteiger partial charge in [0, 0.05) is 43.5 Å². The number of carbonyl (C=O) groups is 1. The van der Waals surface area contributed by atoms with Crippen LogP contribution in [0.3, 0.4) is 0 Å². The van der Waals surface area contributed by atoms with E-state index in [2.05, 4.69) is 30.4 Å². The topological polar surface area (TPSA) is 83.9 Å². The van der Waals surface area contributed by atoms with Gasteiger partial charge in [-0.05, 0) is 36.4 Å². The maximum absolute atomic E-state index is 12.4. The van der Waals surface area contributed by atoms with Gasteiger partial charge in [0.2, 0.25) is 0 Å². The van der Waals surface area contributed by atoms with Gasteiger partial charge >= 0.3 is 0 Å². The molecule has 0 atom stereocenters. The molecule has 0 radical (unpaired) electrons. The number of carbonyl (C=O) groups excluding carboxylic acids is 1. The molecule has 1 N–H and O–H groups in total.